The van der Waals surface area contributed by atoms with Gasteiger partial charge in [0.25, 0.3) is 5.56 Å². The van der Waals surface area contributed by atoms with Crippen molar-refractivity contribution < 1.29 is 19.0 Å². The number of anilines is 1. The van der Waals surface area contributed by atoms with Crippen LogP contribution in [0.2, 0.25) is 0 Å². The summed E-state index contributed by atoms with van der Waals surface area (Å²) in [7, 11) is 0. The zero-order valence-electron chi connectivity index (χ0n) is 14.1. The quantitative estimate of drug-likeness (QED) is 0.810. The van der Waals surface area contributed by atoms with Crippen molar-refractivity contribution in [2.45, 2.75) is 51.4 Å². The van der Waals surface area contributed by atoms with Gasteiger partial charge in [0.1, 0.15) is 12.3 Å². The number of fused-ring (bicyclic) bond motifs is 2. The van der Waals surface area contributed by atoms with E-state index in [2.05, 4.69) is 20.3 Å². The first-order valence-corrected chi connectivity index (χ1v) is 8.04. The number of H-pyrrole nitrogens is 1. The molecule has 0 saturated carbocycles. The maximum absolute atomic E-state index is 12.1. The van der Waals surface area contributed by atoms with Gasteiger partial charge in [-0.1, -0.05) is 0 Å². The van der Waals surface area contributed by atoms with Crippen LogP contribution < -0.4 is 10.9 Å². The Bertz CT molecular complexity index is 888. The van der Waals surface area contributed by atoms with Crippen LogP contribution in [-0.4, -0.2) is 50.0 Å². The molecule has 0 bridgehead atoms. The summed E-state index contributed by atoms with van der Waals surface area (Å²) in [5.74, 6) is -0.905. The molecule has 10 heteroatoms. The number of carbonyl (C=O) groups excluding carboxylic acids is 1. The molecule has 3 atom stereocenters. The molecule has 2 fully saturated rings. The van der Waals surface area contributed by atoms with Crippen LogP contribution in [0.25, 0.3) is 11.2 Å². The lowest BCUT2D eigenvalue weighted by molar-refractivity contribution is -0.293. The summed E-state index contributed by atoms with van der Waals surface area (Å²) >= 11 is 0. The van der Waals surface area contributed by atoms with Crippen LogP contribution >= 0.6 is 0 Å². The first-order chi connectivity index (χ1) is 11.8. The van der Waals surface area contributed by atoms with Gasteiger partial charge in [-0.15, -0.1) is 0 Å². The summed E-state index contributed by atoms with van der Waals surface area (Å²) in [6, 6.07) is 0. The number of nitrogens with one attached hydrogen (secondary N) is 2. The van der Waals surface area contributed by atoms with Gasteiger partial charge >= 0.3 is 0 Å². The first-order valence-electron chi connectivity index (χ1n) is 8.04. The van der Waals surface area contributed by atoms with Crippen molar-refractivity contribution in [3.8, 4) is 0 Å². The lowest BCUT2D eigenvalue weighted by Gasteiger charge is -2.36. The van der Waals surface area contributed by atoms with Crippen molar-refractivity contribution in [1.29, 1.82) is 0 Å². The van der Waals surface area contributed by atoms with Crippen molar-refractivity contribution in [3.63, 3.8) is 0 Å². The Morgan fingerprint density at radius 2 is 2.24 bits per heavy atom. The van der Waals surface area contributed by atoms with Crippen LogP contribution in [0.4, 0.5) is 5.95 Å². The molecule has 4 rings (SSSR count). The highest BCUT2D eigenvalue weighted by atomic mass is 16.7. The van der Waals surface area contributed by atoms with E-state index in [1.54, 1.807) is 4.57 Å². The number of hydrogen-bond donors (Lipinski definition) is 2. The highest BCUT2D eigenvalue weighted by Gasteiger charge is 2.45. The Morgan fingerprint density at radius 1 is 1.44 bits per heavy atom. The van der Waals surface area contributed by atoms with Gasteiger partial charge in [0.2, 0.25) is 11.9 Å². The van der Waals surface area contributed by atoms with Gasteiger partial charge < -0.3 is 14.2 Å². The number of hydrogen-bond acceptors (Lipinski definition) is 7. The maximum Gasteiger partial charge on any atom is 0.280 e. The first kappa shape index (κ1) is 16.2. The van der Waals surface area contributed by atoms with Crippen LogP contribution in [0.5, 0.6) is 0 Å². The van der Waals surface area contributed by atoms with Gasteiger partial charge in [-0.3, -0.25) is 24.5 Å². The van der Waals surface area contributed by atoms with Gasteiger partial charge in [0.05, 0.1) is 19.0 Å². The van der Waals surface area contributed by atoms with Crippen LogP contribution in [0, 0.1) is 0 Å². The van der Waals surface area contributed by atoms with E-state index >= 15 is 0 Å². The van der Waals surface area contributed by atoms with E-state index in [9.17, 15) is 9.59 Å². The normalized spacial score (nSPS) is 28.0. The van der Waals surface area contributed by atoms with E-state index in [1.807, 2.05) is 13.8 Å². The molecular weight excluding hydrogens is 330 g/mol. The summed E-state index contributed by atoms with van der Waals surface area (Å²) in [6.45, 7) is 5.51. The third kappa shape index (κ3) is 2.92. The SMILES string of the molecule is CC(=O)Nc1nc2c(ncn2[C@H]2C[C@H]3OC(C)(C)OC[C@H]3O2)c(=O)[nH]1. The van der Waals surface area contributed by atoms with Crippen molar-refractivity contribution in [3.05, 3.63) is 16.7 Å². The van der Waals surface area contributed by atoms with Crippen LogP contribution in [0.1, 0.15) is 33.4 Å². The summed E-state index contributed by atoms with van der Waals surface area (Å²) < 4.78 is 19.2. The predicted molar refractivity (Wildman–Crippen MR) is 85.9 cm³/mol. The molecule has 2 saturated heterocycles. The zero-order chi connectivity index (χ0) is 17.8. The molecule has 0 aliphatic carbocycles. The van der Waals surface area contributed by atoms with Gasteiger partial charge in [0, 0.05) is 13.3 Å². The molecule has 2 aromatic heterocycles. The minimum absolute atomic E-state index is 0.0721. The minimum Gasteiger partial charge on any atom is -0.349 e. The molecule has 0 aromatic carbocycles. The molecular formula is C15H19N5O5. The molecule has 1 amide bonds. The molecule has 0 unspecified atom stereocenters. The van der Waals surface area contributed by atoms with Crippen LogP contribution in [-0.2, 0) is 19.0 Å². The molecule has 0 radical (unpaired) electrons. The average molecular weight is 349 g/mol. The molecule has 10 nitrogen and oxygen atoms in total. The van der Waals surface area contributed by atoms with Gasteiger partial charge in [-0.05, 0) is 13.8 Å². The molecule has 2 aliphatic heterocycles. The highest BCUT2D eigenvalue weighted by Crippen LogP contribution is 2.37. The Labute approximate surface area is 142 Å². The largest absolute Gasteiger partial charge is 0.349 e. The van der Waals surface area contributed by atoms with E-state index < -0.39 is 11.3 Å². The third-order valence-electron chi connectivity index (χ3n) is 4.25. The van der Waals surface area contributed by atoms with E-state index in [-0.39, 0.29) is 35.8 Å². The fourth-order valence-electron chi connectivity index (χ4n) is 3.19. The molecule has 2 aliphatic rings. The second kappa shape index (κ2) is 5.61. The molecule has 134 valence electrons. The van der Waals surface area contributed by atoms with Crippen molar-refractivity contribution in [1.82, 2.24) is 19.5 Å². The van der Waals surface area contributed by atoms with Crippen LogP contribution in [0.15, 0.2) is 11.1 Å². The molecule has 4 heterocycles. The van der Waals surface area contributed by atoms with Gasteiger partial charge in [-0.2, -0.15) is 4.98 Å². The summed E-state index contributed by atoms with van der Waals surface area (Å²) in [5.41, 5.74) is 0.102. The van der Waals surface area contributed by atoms with E-state index in [1.165, 1.54) is 13.3 Å². The fourth-order valence-corrected chi connectivity index (χ4v) is 3.19. The van der Waals surface area contributed by atoms with E-state index in [0.717, 1.165) is 0 Å². The van der Waals surface area contributed by atoms with Crippen LogP contribution in [0.3, 0.4) is 0 Å². The number of imidazole rings is 1. The Morgan fingerprint density at radius 3 is 3.00 bits per heavy atom. The minimum atomic E-state index is -0.648. The number of nitrogens with zero attached hydrogens (tertiary/aromatic N) is 3. The van der Waals surface area contributed by atoms with Gasteiger partial charge in [-0.25, -0.2) is 4.98 Å². The van der Waals surface area contributed by atoms with Gasteiger partial charge in [0.15, 0.2) is 17.0 Å². The fraction of sp³-hybridized carbons (Fsp3) is 0.600. The number of aromatic amines is 1. The molecule has 2 aromatic rings. The van der Waals surface area contributed by atoms with Crippen molar-refractivity contribution in [2.75, 3.05) is 11.9 Å². The number of carbonyl (C=O) groups is 1. The monoisotopic (exact) mass is 349 g/mol. The van der Waals surface area contributed by atoms with E-state index in [4.69, 9.17) is 14.2 Å². The standard InChI is InChI=1S/C15H19N5O5/c1-7(21)17-14-18-12-11(13(22)19-14)16-6-20(12)10-4-8-9(24-10)5-23-15(2,3)25-8/h6,8-10H,4-5H2,1-3H3,(H2,17,18,19,21,22)/t8-,9-,10-/m1/s1. The summed E-state index contributed by atoms with van der Waals surface area (Å²) in [4.78, 5) is 34.3. The lowest BCUT2D eigenvalue weighted by atomic mass is 10.1. The Kier molecular flexibility index (Phi) is 3.63. The summed E-state index contributed by atoms with van der Waals surface area (Å²) in [5, 5.41) is 2.47. The second-order valence-electron chi connectivity index (χ2n) is 6.65. The number of amides is 1. The Hall–Kier alpha value is -2.30. The topological polar surface area (TPSA) is 120 Å². The number of ether oxygens (including phenoxy) is 3. The second-order valence-corrected chi connectivity index (χ2v) is 6.65. The van der Waals surface area contributed by atoms with E-state index in [0.29, 0.717) is 18.7 Å². The smallest absolute Gasteiger partial charge is 0.280 e. The van der Waals surface area contributed by atoms with Crippen molar-refractivity contribution in [2.24, 2.45) is 0 Å². The predicted octanol–water partition coefficient (Wildman–Crippen LogP) is 0.517. The highest BCUT2D eigenvalue weighted by molar-refractivity contribution is 5.87. The lowest BCUT2D eigenvalue weighted by Crippen LogP contribution is -2.46. The molecule has 25 heavy (non-hydrogen) atoms. The molecule has 0 spiro atoms. The maximum atomic E-state index is 12.1. The number of aromatic nitrogens is 4. The average Bonchev–Trinajstić information content (AvgIpc) is 3.08. The third-order valence-corrected chi connectivity index (χ3v) is 4.25. The van der Waals surface area contributed by atoms with Crippen molar-refractivity contribution >= 4 is 23.0 Å². The number of rotatable bonds is 2. The molecule has 2 N–H and O–H groups in total. The Balaban J connectivity index is 1.67. The summed E-state index contributed by atoms with van der Waals surface area (Å²) in [6.07, 6.45) is 1.43. The zero-order valence-corrected chi connectivity index (χ0v) is 14.1.